The number of rotatable bonds is 6. The molecule has 1 aromatic rings. The molecule has 1 heterocycles. The van der Waals surface area contributed by atoms with Crippen LogP contribution in [0.5, 0.6) is 0 Å². The van der Waals surface area contributed by atoms with Gasteiger partial charge in [0.2, 0.25) is 0 Å². The van der Waals surface area contributed by atoms with Crippen LogP contribution in [0.2, 0.25) is 0 Å². The lowest BCUT2D eigenvalue weighted by Gasteiger charge is -2.25. The maximum Gasteiger partial charge on any atom is 0.328 e. The molecule has 1 rings (SSSR count). The van der Waals surface area contributed by atoms with Crippen molar-refractivity contribution in [2.24, 2.45) is 0 Å². The van der Waals surface area contributed by atoms with Gasteiger partial charge in [-0.3, -0.25) is 9.78 Å². The first-order valence-corrected chi connectivity index (χ1v) is 6.23. The minimum absolute atomic E-state index is 0.0483. The first-order valence-electron chi connectivity index (χ1n) is 6.23. The van der Waals surface area contributed by atoms with E-state index in [0.29, 0.717) is 11.1 Å². The Morgan fingerprint density at radius 1 is 1.40 bits per heavy atom. The Kier molecular flexibility index (Phi) is 5.86. The molecular formula is C14H18N2O4. The van der Waals surface area contributed by atoms with E-state index in [1.54, 1.807) is 6.07 Å². The molecule has 0 aliphatic rings. The third-order valence-corrected chi connectivity index (χ3v) is 2.65. The zero-order chi connectivity index (χ0) is 15.1. The van der Waals surface area contributed by atoms with Crippen LogP contribution >= 0.6 is 0 Å². The van der Waals surface area contributed by atoms with Crippen molar-refractivity contribution in [1.29, 1.82) is 0 Å². The predicted octanol–water partition coefficient (Wildman–Crippen LogP) is 1.02. The normalized spacial score (nSPS) is 11.0. The van der Waals surface area contributed by atoms with Crippen LogP contribution in [0.4, 0.5) is 0 Å². The smallest absolute Gasteiger partial charge is 0.328 e. The summed E-state index contributed by atoms with van der Waals surface area (Å²) >= 11 is 0. The zero-order valence-electron chi connectivity index (χ0n) is 11.5. The Balaban J connectivity index is 2.98. The number of carbonyl (C=O) groups excluding carboxylic acids is 1. The van der Waals surface area contributed by atoms with Gasteiger partial charge in [0.05, 0.1) is 12.2 Å². The van der Waals surface area contributed by atoms with Crippen molar-refractivity contribution in [3.05, 3.63) is 35.7 Å². The molecule has 0 spiro atoms. The van der Waals surface area contributed by atoms with Crippen molar-refractivity contribution in [2.45, 2.75) is 19.9 Å². The molecule has 0 aliphatic heterocycles. The summed E-state index contributed by atoms with van der Waals surface area (Å²) in [4.78, 5) is 28.2. The number of hydrogen-bond donors (Lipinski definition) is 2. The summed E-state index contributed by atoms with van der Waals surface area (Å²) in [7, 11) is 0. The van der Waals surface area contributed by atoms with Crippen LogP contribution in [0, 0.1) is 0 Å². The molecule has 0 aliphatic carbocycles. The number of amides is 1. The first-order chi connectivity index (χ1) is 9.45. The van der Waals surface area contributed by atoms with Crippen molar-refractivity contribution >= 4 is 18.0 Å². The second-order valence-electron chi connectivity index (χ2n) is 4.49. The molecule has 0 unspecified atom stereocenters. The highest BCUT2D eigenvalue weighted by molar-refractivity contribution is 5.95. The molecule has 1 amide bonds. The number of hydrogen-bond acceptors (Lipinski definition) is 4. The van der Waals surface area contributed by atoms with Crippen LogP contribution in [0.1, 0.15) is 29.8 Å². The molecule has 0 fully saturated rings. The van der Waals surface area contributed by atoms with Gasteiger partial charge in [0.1, 0.15) is 0 Å². The highest BCUT2D eigenvalue weighted by atomic mass is 16.4. The number of carboxylic acids is 1. The molecule has 0 bridgehead atoms. The van der Waals surface area contributed by atoms with Crippen molar-refractivity contribution in [3.8, 4) is 0 Å². The second-order valence-corrected chi connectivity index (χ2v) is 4.49. The Labute approximate surface area is 117 Å². The Morgan fingerprint density at radius 3 is 2.65 bits per heavy atom. The molecule has 6 nitrogen and oxygen atoms in total. The van der Waals surface area contributed by atoms with Gasteiger partial charge in [0, 0.05) is 31.1 Å². The van der Waals surface area contributed by atoms with Crippen LogP contribution in [0.3, 0.4) is 0 Å². The van der Waals surface area contributed by atoms with E-state index in [9.17, 15) is 9.59 Å². The standard InChI is InChI=1S/C14H18N2O4/c1-10(2)16(5-6-17)14(20)12-7-11(8-15-9-12)3-4-13(18)19/h3-4,7-10,17H,5-6H2,1-2H3,(H,18,19). The average Bonchev–Trinajstić information content (AvgIpc) is 2.41. The van der Waals surface area contributed by atoms with E-state index in [2.05, 4.69) is 4.98 Å². The lowest BCUT2D eigenvalue weighted by Crippen LogP contribution is -2.39. The minimum Gasteiger partial charge on any atom is -0.478 e. The largest absolute Gasteiger partial charge is 0.478 e. The molecular weight excluding hydrogens is 260 g/mol. The minimum atomic E-state index is -1.06. The number of carbonyl (C=O) groups is 2. The fourth-order valence-electron chi connectivity index (χ4n) is 1.70. The fraction of sp³-hybridized carbons (Fsp3) is 0.357. The maximum absolute atomic E-state index is 12.3. The van der Waals surface area contributed by atoms with E-state index in [4.69, 9.17) is 10.2 Å². The molecule has 6 heteroatoms. The monoisotopic (exact) mass is 278 g/mol. The third kappa shape index (κ3) is 4.47. The summed E-state index contributed by atoms with van der Waals surface area (Å²) < 4.78 is 0. The van der Waals surface area contributed by atoms with Crippen LogP contribution < -0.4 is 0 Å². The molecule has 20 heavy (non-hydrogen) atoms. The van der Waals surface area contributed by atoms with Gasteiger partial charge in [0.15, 0.2) is 0 Å². The third-order valence-electron chi connectivity index (χ3n) is 2.65. The Morgan fingerprint density at radius 2 is 2.10 bits per heavy atom. The van der Waals surface area contributed by atoms with Gasteiger partial charge in [-0.25, -0.2) is 4.79 Å². The Hall–Kier alpha value is -2.21. The van der Waals surface area contributed by atoms with E-state index < -0.39 is 5.97 Å². The van der Waals surface area contributed by atoms with Crippen molar-refractivity contribution < 1.29 is 19.8 Å². The summed E-state index contributed by atoms with van der Waals surface area (Å²) in [5.74, 6) is -1.31. The highest BCUT2D eigenvalue weighted by Crippen LogP contribution is 2.10. The Bertz CT molecular complexity index is 512. The summed E-state index contributed by atoms with van der Waals surface area (Å²) in [5, 5.41) is 17.6. The quantitative estimate of drug-likeness (QED) is 0.758. The molecule has 0 aromatic carbocycles. The van der Waals surface area contributed by atoms with Crippen LogP contribution in [-0.4, -0.2) is 51.2 Å². The van der Waals surface area contributed by atoms with Crippen molar-refractivity contribution in [1.82, 2.24) is 9.88 Å². The number of nitrogens with zero attached hydrogens (tertiary/aromatic N) is 2. The lowest BCUT2D eigenvalue weighted by atomic mass is 10.1. The van der Waals surface area contributed by atoms with E-state index >= 15 is 0 Å². The average molecular weight is 278 g/mol. The topological polar surface area (TPSA) is 90.7 Å². The fourth-order valence-corrected chi connectivity index (χ4v) is 1.70. The summed E-state index contributed by atoms with van der Waals surface area (Å²) in [6.45, 7) is 3.84. The van der Waals surface area contributed by atoms with Gasteiger partial charge in [-0.05, 0) is 31.6 Å². The van der Waals surface area contributed by atoms with E-state index in [1.807, 2.05) is 13.8 Å². The number of carboxylic acid groups (broad SMARTS) is 1. The molecule has 0 saturated heterocycles. The van der Waals surface area contributed by atoms with Gasteiger partial charge in [-0.1, -0.05) is 0 Å². The van der Waals surface area contributed by atoms with Gasteiger partial charge >= 0.3 is 5.97 Å². The van der Waals surface area contributed by atoms with E-state index in [0.717, 1.165) is 6.08 Å². The zero-order valence-corrected chi connectivity index (χ0v) is 11.5. The predicted molar refractivity (Wildman–Crippen MR) is 74.2 cm³/mol. The molecule has 0 radical (unpaired) electrons. The highest BCUT2D eigenvalue weighted by Gasteiger charge is 2.18. The van der Waals surface area contributed by atoms with Gasteiger partial charge in [-0.15, -0.1) is 0 Å². The van der Waals surface area contributed by atoms with Crippen molar-refractivity contribution in [3.63, 3.8) is 0 Å². The van der Waals surface area contributed by atoms with E-state index in [1.165, 1.54) is 23.4 Å². The molecule has 2 N–H and O–H groups in total. The van der Waals surface area contributed by atoms with Crippen LogP contribution in [-0.2, 0) is 4.79 Å². The van der Waals surface area contributed by atoms with Crippen LogP contribution in [0.25, 0.3) is 6.08 Å². The molecule has 0 atom stereocenters. The number of pyridine rings is 1. The number of aromatic nitrogens is 1. The van der Waals surface area contributed by atoms with Gasteiger partial charge < -0.3 is 15.1 Å². The number of aliphatic hydroxyl groups is 1. The number of aliphatic hydroxyl groups excluding tert-OH is 1. The summed E-state index contributed by atoms with van der Waals surface area (Å²) in [6.07, 6.45) is 5.26. The SMILES string of the molecule is CC(C)N(CCO)C(=O)c1cncc(C=CC(=O)O)c1. The van der Waals surface area contributed by atoms with Crippen molar-refractivity contribution in [2.75, 3.05) is 13.2 Å². The summed E-state index contributed by atoms with van der Waals surface area (Å²) in [5.41, 5.74) is 0.894. The first kappa shape index (κ1) is 15.8. The van der Waals surface area contributed by atoms with Crippen LogP contribution in [0.15, 0.2) is 24.5 Å². The molecule has 108 valence electrons. The summed E-state index contributed by atoms with van der Waals surface area (Å²) in [6, 6.07) is 1.52. The second kappa shape index (κ2) is 7.40. The van der Waals surface area contributed by atoms with Gasteiger partial charge in [-0.2, -0.15) is 0 Å². The molecule has 1 aromatic heterocycles. The number of aliphatic carboxylic acids is 1. The lowest BCUT2D eigenvalue weighted by molar-refractivity contribution is -0.131. The maximum atomic E-state index is 12.3. The molecule has 0 saturated carbocycles. The van der Waals surface area contributed by atoms with Gasteiger partial charge in [0.25, 0.3) is 5.91 Å². The van der Waals surface area contributed by atoms with E-state index in [-0.39, 0.29) is 25.1 Å².